The van der Waals surface area contributed by atoms with Crippen molar-refractivity contribution in [1.29, 1.82) is 0 Å². The van der Waals surface area contributed by atoms with Crippen LogP contribution in [0.3, 0.4) is 0 Å². The van der Waals surface area contributed by atoms with Gasteiger partial charge in [-0.25, -0.2) is 0 Å². The number of nitrogen functional groups attached to an aromatic ring is 1. The van der Waals surface area contributed by atoms with Crippen molar-refractivity contribution in [3.05, 3.63) is 56.6 Å². The van der Waals surface area contributed by atoms with Gasteiger partial charge in [-0.3, -0.25) is 16.0 Å². The van der Waals surface area contributed by atoms with Gasteiger partial charge in [-0.2, -0.15) is 0 Å². The molecule has 0 saturated carbocycles. The average Bonchev–Trinajstić information content (AvgIpc) is 2.41. The first-order valence-electron chi connectivity index (χ1n) is 5.39. The molecule has 104 valence electrons. The van der Waals surface area contributed by atoms with E-state index in [9.17, 15) is 10.1 Å². The number of nitrogens with two attached hydrogens (primary N) is 1. The standard InChI is InChI=1S/C12H9Cl2N3O3/c13-7-1-4-12(9(14)5-7)20-8-2-3-11(17(18)19)10(6-8)16-15/h1-6,16H,15H2. The van der Waals surface area contributed by atoms with Gasteiger partial charge in [-0.15, -0.1) is 0 Å². The van der Waals surface area contributed by atoms with Crippen molar-refractivity contribution in [1.82, 2.24) is 0 Å². The van der Waals surface area contributed by atoms with Crippen LogP contribution in [0.5, 0.6) is 11.5 Å². The van der Waals surface area contributed by atoms with Crippen LogP contribution >= 0.6 is 23.2 Å². The van der Waals surface area contributed by atoms with Crippen molar-refractivity contribution in [2.75, 3.05) is 5.43 Å². The molecular formula is C12H9Cl2N3O3. The fourth-order valence-electron chi connectivity index (χ4n) is 1.54. The molecule has 0 bridgehead atoms. The summed E-state index contributed by atoms with van der Waals surface area (Å²) >= 11 is 11.8. The molecule has 20 heavy (non-hydrogen) atoms. The molecule has 0 amide bonds. The van der Waals surface area contributed by atoms with Crippen LogP contribution < -0.4 is 16.0 Å². The zero-order valence-corrected chi connectivity index (χ0v) is 11.5. The van der Waals surface area contributed by atoms with Crippen LogP contribution in [0, 0.1) is 10.1 Å². The Hall–Kier alpha value is -2.02. The van der Waals surface area contributed by atoms with Crippen molar-refractivity contribution in [2.45, 2.75) is 0 Å². The number of benzene rings is 2. The molecule has 0 radical (unpaired) electrons. The highest BCUT2D eigenvalue weighted by atomic mass is 35.5. The first kappa shape index (κ1) is 14.4. The maximum absolute atomic E-state index is 10.8. The lowest BCUT2D eigenvalue weighted by Gasteiger charge is -2.09. The van der Waals surface area contributed by atoms with E-state index in [0.29, 0.717) is 21.5 Å². The van der Waals surface area contributed by atoms with Crippen LogP contribution in [0.2, 0.25) is 10.0 Å². The normalized spacial score (nSPS) is 10.2. The van der Waals surface area contributed by atoms with Gasteiger partial charge in [0.05, 0.1) is 9.95 Å². The number of halogens is 2. The average molecular weight is 314 g/mol. The summed E-state index contributed by atoms with van der Waals surface area (Å²) < 4.78 is 5.53. The smallest absolute Gasteiger partial charge is 0.293 e. The van der Waals surface area contributed by atoms with Crippen LogP contribution in [-0.4, -0.2) is 4.92 Å². The molecule has 0 unspecified atom stereocenters. The quantitative estimate of drug-likeness (QED) is 0.506. The second-order valence-corrected chi connectivity index (χ2v) is 4.60. The Morgan fingerprint density at radius 2 is 1.95 bits per heavy atom. The molecule has 2 aromatic carbocycles. The van der Waals surface area contributed by atoms with Gasteiger partial charge in [0.25, 0.3) is 5.69 Å². The maximum atomic E-state index is 10.8. The summed E-state index contributed by atoms with van der Waals surface area (Å²) in [5, 5.41) is 11.6. The Morgan fingerprint density at radius 3 is 2.55 bits per heavy atom. The first-order valence-corrected chi connectivity index (χ1v) is 6.15. The summed E-state index contributed by atoms with van der Waals surface area (Å²) in [6, 6.07) is 8.89. The van der Waals surface area contributed by atoms with Gasteiger partial charge in [0.2, 0.25) is 0 Å². The predicted molar refractivity (Wildman–Crippen MR) is 77.4 cm³/mol. The molecule has 0 fully saturated rings. The number of hydrazine groups is 1. The van der Waals surface area contributed by atoms with Crippen LogP contribution in [0.25, 0.3) is 0 Å². The summed E-state index contributed by atoms with van der Waals surface area (Å²) in [5.74, 6) is 5.98. The molecule has 0 heterocycles. The minimum absolute atomic E-state index is 0.137. The van der Waals surface area contributed by atoms with Gasteiger partial charge in [-0.05, 0) is 24.3 Å². The lowest BCUT2D eigenvalue weighted by molar-refractivity contribution is -0.384. The van der Waals surface area contributed by atoms with Gasteiger partial charge in [0, 0.05) is 17.2 Å². The third kappa shape index (κ3) is 3.11. The van der Waals surface area contributed by atoms with Crippen molar-refractivity contribution < 1.29 is 9.66 Å². The van der Waals surface area contributed by atoms with Crippen molar-refractivity contribution in [3.8, 4) is 11.5 Å². The highest BCUT2D eigenvalue weighted by molar-refractivity contribution is 6.35. The number of anilines is 1. The van der Waals surface area contributed by atoms with Crippen LogP contribution in [0.15, 0.2) is 36.4 Å². The van der Waals surface area contributed by atoms with E-state index in [1.54, 1.807) is 12.1 Å². The van der Waals surface area contributed by atoms with Gasteiger partial charge in [-0.1, -0.05) is 23.2 Å². The van der Waals surface area contributed by atoms with E-state index in [4.69, 9.17) is 33.8 Å². The van der Waals surface area contributed by atoms with Crippen LogP contribution in [0.1, 0.15) is 0 Å². The molecule has 0 saturated heterocycles. The van der Waals surface area contributed by atoms with Gasteiger partial charge in [0.15, 0.2) is 0 Å². The largest absolute Gasteiger partial charge is 0.456 e. The van der Waals surface area contributed by atoms with Gasteiger partial charge < -0.3 is 10.2 Å². The van der Waals surface area contributed by atoms with E-state index < -0.39 is 4.92 Å². The third-order valence-corrected chi connectivity index (χ3v) is 2.97. The van der Waals surface area contributed by atoms with Crippen molar-refractivity contribution in [3.63, 3.8) is 0 Å². The van der Waals surface area contributed by atoms with E-state index in [1.165, 1.54) is 24.3 Å². The van der Waals surface area contributed by atoms with Gasteiger partial charge >= 0.3 is 0 Å². The maximum Gasteiger partial charge on any atom is 0.293 e. The van der Waals surface area contributed by atoms with E-state index in [1.807, 2.05) is 0 Å². The summed E-state index contributed by atoms with van der Waals surface area (Å²) in [6.07, 6.45) is 0. The monoisotopic (exact) mass is 313 g/mol. The summed E-state index contributed by atoms with van der Waals surface area (Å²) in [4.78, 5) is 10.2. The molecule has 0 atom stereocenters. The molecule has 6 nitrogen and oxygen atoms in total. The lowest BCUT2D eigenvalue weighted by atomic mass is 10.2. The number of hydrogen-bond acceptors (Lipinski definition) is 5. The SMILES string of the molecule is NNc1cc(Oc2ccc(Cl)cc2Cl)ccc1[N+](=O)[O-]. The number of nitrogens with zero attached hydrogens (tertiary/aromatic N) is 1. The zero-order chi connectivity index (χ0) is 14.7. The molecule has 2 aromatic rings. The summed E-state index contributed by atoms with van der Waals surface area (Å²) in [5.41, 5.74) is 2.24. The molecule has 3 N–H and O–H groups in total. The molecular weight excluding hydrogens is 305 g/mol. The fraction of sp³-hybridized carbons (Fsp3) is 0. The lowest BCUT2D eigenvalue weighted by Crippen LogP contribution is -2.09. The number of rotatable bonds is 4. The second kappa shape index (κ2) is 5.96. The van der Waals surface area contributed by atoms with E-state index in [-0.39, 0.29) is 11.4 Å². The second-order valence-electron chi connectivity index (χ2n) is 3.76. The van der Waals surface area contributed by atoms with Crippen LogP contribution in [0.4, 0.5) is 11.4 Å². The number of nitrogens with one attached hydrogen (secondary N) is 1. The fourth-order valence-corrected chi connectivity index (χ4v) is 1.99. The third-order valence-electron chi connectivity index (χ3n) is 2.44. The Balaban J connectivity index is 2.32. The molecule has 0 aliphatic rings. The first-order chi connectivity index (χ1) is 9.51. The number of ether oxygens (including phenoxy) is 1. The summed E-state index contributed by atoms with van der Waals surface area (Å²) in [6.45, 7) is 0. The number of hydrogen-bond donors (Lipinski definition) is 2. The predicted octanol–water partition coefficient (Wildman–Crippen LogP) is 3.98. The molecule has 0 spiro atoms. The molecule has 0 aromatic heterocycles. The molecule has 2 rings (SSSR count). The molecule has 0 aliphatic carbocycles. The van der Waals surface area contributed by atoms with Crippen molar-refractivity contribution in [2.24, 2.45) is 5.84 Å². The van der Waals surface area contributed by atoms with E-state index in [2.05, 4.69) is 5.43 Å². The summed E-state index contributed by atoms with van der Waals surface area (Å²) in [7, 11) is 0. The van der Waals surface area contributed by atoms with Gasteiger partial charge in [0.1, 0.15) is 17.2 Å². The minimum atomic E-state index is -0.547. The minimum Gasteiger partial charge on any atom is -0.456 e. The number of nitro benzene ring substituents is 1. The Bertz CT molecular complexity index is 664. The van der Waals surface area contributed by atoms with Crippen LogP contribution in [-0.2, 0) is 0 Å². The molecule has 8 heteroatoms. The van der Waals surface area contributed by atoms with Crippen molar-refractivity contribution >= 4 is 34.6 Å². The van der Waals surface area contributed by atoms with E-state index >= 15 is 0 Å². The molecule has 0 aliphatic heterocycles. The Kier molecular flexibility index (Phi) is 4.29. The Morgan fingerprint density at radius 1 is 1.20 bits per heavy atom. The Labute approximate surface area is 124 Å². The zero-order valence-electron chi connectivity index (χ0n) is 9.97. The topological polar surface area (TPSA) is 90.4 Å². The van der Waals surface area contributed by atoms with E-state index in [0.717, 1.165) is 0 Å². The highest BCUT2D eigenvalue weighted by Gasteiger charge is 2.14. The highest BCUT2D eigenvalue weighted by Crippen LogP contribution is 2.34. The number of nitro groups is 1.